The Balaban J connectivity index is 5.27. The van der Waals surface area contributed by atoms with Crippen molar-refractivity contribution in [2.45, 2.75) is 445 Å². The number of phosphoric ester groups is 2. The molecule has 0 aromatic heterocycles. The van der Waals surface area contributed by atoms with E-state index < -0.39 is 97.5 Å². The maximum atomic E-state index is 13.1. The third-order valence-corrected chi connectivity index (χ3v) is 21.2. The second-order valence-electron chi connectivity index (χ2n) is 29.9. The summed E-state index contributed by atoms with van der Waals surface area (Å²) in [6.07, 6.45) is 62.2. The van der Waals surface area contributed by atoms with Crippen LogP contribution in [0.5, 0.6) is 0 Å². The highest BCUT2D eigenvalue weighted by Crippen LogP contribution is 2.45. The van der Waals surface area contributed by atoms with E-state index >= 15 is 0 Å². The first kappa shape index (κ1) is 98.1. The second-order valence-corrected chi connectivity index (χ2v) is 32.8. The number of phosphoric acid groups is 2. The fraction of sp³-hybridized carbons (Fsp3) is 0.951. The fourth-order valence-electron chi connectivity index (χ4n) is 12.5. The van der Waals surface area contributed by atoms with Crippen molar-refractivity contribution in [3.8, 4) is 0 Å². The van der Waals surface area contributed by atoms with Crippen molar-refractivity contribution in [1.29, 1.82) is 0 Å². The third kappa shape index (κ3) is 73.0. The molecule has 0 heterocycles. The van der Waals surface area contributed by atoms with Crippen LogP contribution in [0.1, 0.15) is 427 Å². The molecule has 594 valence electrons. The van der Waals surface area contributed by atoms with E-state index in [-0.39, 0.29) is 25.7 Å². The number of hydrogen-bond acceptors (Lipinski definition) is 15. The monoisotopic (exact) mass is 1470 g/mol. The van der Waals surface area contributed by atoms with Gasteiger partial charge in [0.1, 0.15) is 19.3 Å². The van der Waals surface area contributed by atoms with Crippen molar-refractivity contribution >= 4 is 39.5 Å². The van der Waals surface area contributed by atoms with Gasteiger partial charge in [-0.05, 0) is 37.5 Å². The lowest BCUT2D eigenvalue weighted by molar-refractivity contribution is -0.161. The summed E-state index contributed by atoms with van der Waals surface area (Å²) in [6.45, 7) is 9.66. The van der Waals surface area contributed by atoms with Gasteiger partial charge in [-0.2, -0.15) is 0 Å². The molecule has 0 bridgehead atoms. The molecule has 0 aromatic carbocycles. The molecule has 3 N–H and O–H groups in total. The predicted molar refractivity (Wildman–Crippen MR) is 409 cm³/mol. The van der Waals surface area contributed by atoms with Crippen LogP contribution in [0.3, 0.4) is 0 Å². The van der Waals surface area contributed by atoms with E-state index in [1.165, 1.54) is 244 Å². The fourth-order valence-corrected chi connectivity index (χ4v) is 14.1. The highest BCUT2D eigenvalue weighted by Gasteiger charge is 2.30. The van der Waals surface area contributed by atoms with Gasteiger partial charge in [-0.3, -0.25) is 37.3 Å². The molecule has 0 spiro atoms. The van der Waals surface area contributed by atoms with Crippen LogP contribution in [0.2, 0.25) is 0 Å². The van der Waals surface area contributed by atoms with Gasteiger partial charge >= 0.3 is 39.5 Å². The summed E-state index contributed by atoms with van der Waals surface area (Å²) in [5.41, 5.74) is 0. The largest absolute Gasteiger partial charge is 0.472 e. The summed E-state index contributed by atoms with van der Waals surface area (Å²) in [7, 11) is -9.92. The predicted octanol–water partition coefficient (Wildman–Crippen LogP) is 24.3. The van der Waals surface area contributed by atoms with E-state index in [1.54, 1.807) is 0 Å². The summed E-state index contributed by atoms with van der Waals surface area (Å²) in [5.74, 6) is -0.542. The van der Waals surface area contributed by atoms with E-state index in [1.807, 2.05) is 0 Å². The first-order valence-electron chi connectivity index (χ1n) is 42.0. The molecule has 0 amide bonds. The normalized spacial score (nSPS) is 14.2. The van der Waals surface area contributed by atoms with Gasteiger partial charge in [0.15, 0.2) is 12.2 Å². The number of carbonyl (C=O) groups is 4. The van der Waals surface area contributed by atoms with E-state index in [0.717, 1.165) is 102 Å². The van der Waals surface area contributed by atoms with Gasteiger partial charge in [0, 0.05) is 25.7 Å². The Labute approximate surface area is 613 Å². The van der Waals surface area contributed by atoms with E-state index in [0.29, 0.717) is 25.7 Å². The SMILES string of the molecule is CCCCCCCCCCCCCCCCCCC(=O)OC[C@H](COP(=O)(O)OC[C@@H](O)COP(=O)(O)OC[C@@H](COC(=O)CCCCCCCCCCC(C)CC)OC(=O)CCCCCCCCCCCCCCCCCC)OC(=O)CCCCCCCCCCCCCCCC(C)C. The lowest BCUT2D eigenvalue weighted by Gasteiger charge is -2.21. The minimum Gasteiger partial charge on any atom is -0.462 e. The molecule has 3 unspecified atom stereocenters. The van der Waals surface area contributed by atoms with Gasteiger partial charge in [-0.1, -0.05) is 375 Å². The molecule has 19 heteroatoms. The van der Waals surface area contributed by atoms with Gasteiger partial charge in [-0.25, -0.2) is 9.13 Å². The number of carbonyl (C=O) groups excluding carboxylic acids is 4. The molecular weight excluding hydrogens is 1310 g/mol. The van der Waals surface area contributed by atoms with Crippen molar-refractivity contribution in [2.75, 3.05) is 39.6 Å². The van der Waals surface area contributed by atoms with Crippen molar-refractivity contribution in [3.05, 3.63) is 0 Å². The lowest BCUT2D eigenvalue weighted by atomic mass is 9.99. The zero-order chi connectivity index (χ0) is 73.5. The summed E-state index contributed by atoms with van der Waals surface area (Å²) in [5, 5.41) is 10.7. The molecule has 0 aromatic rings. The zero-order valence-electron chi connectivity index (χ0n) is 65.5. The maximum Gasteiger partial charge on any atom is 0.472 e. The highest BCUT2D eigenvalue weighted by molar-refractivity contribution is 7.47. The molecule has 0 fully saturated rings. The molecule has 6 atom stereocenters. The molecule has 17 nitrogen and oxygen atoms in total. The van der Waals surface area contributed by atoms with Gasteiger partial charge in [-0.15, -0.1) is 0 Å². The standard InChI is InChI=1S/C81H158O17P2/c1-7-10-12-14-16-18-20-22-24-26-30-34-38-45-51-57-63-78(83)91-69-76(97-81(86)66-60-54-48-40-36-32-28-29-33-37-43-49-55-61-73(4)5)71-95-99(87,88)93-67-75(82)68-94-100(89,90)96-72-77(70-92-79(84)64-58-52-46-42-41-44-50-56-62-74(6)9-3)98-80(85)65-59-53-47-39-35-31-27-25-23-21-19-17-15-13-11-8-2/h73-77,82H,7-72H2,1-6H3,(H,87,88)(H,89,90)/t74?,75-,76-,77-/m1/s1. The highest BCUT2D eigenvalue weighted by atomic mass is 31.2. The summed E-state index contributed by atoms with van der Waals surface area (Å²) < 4.78 is 68.8. The van der Waals surface area contributed by atoms with Crippen molar-refractivity contribution in [2.24, 2.45) is 11.8 Å². The number of rotatable bonds is 80. The van der Waals surface area contributed by atoms with Gasteiger partial charge in [0.05, 0.1) is 26.4 Å². The Morgan fingerprint density at radius 1 is 0.290 bits per heavy atom. The molecule has 100 heavy (non-hydrogen) atoms. The Bertz CT molecular complexity index is 1930. The van der Waals surface area contributed by atoms with Crippen molar-refractivity contribution < 1.29 is 80.2 Å². The zero-order valence-corrected chi connectivity index (χ0v) is 67.3. The first-order chi connectivity index (χ1) is 48.4. The van der Waals surface area contributed by atoms with Gasteiger partial charge in [0.25, 0.3) is 0 Å². The molecule has 0 aliphatic carbocycles. The van der Waals surface area contributed by atoms with Crippen LogP contribution in [-0.4, -0.2) is 96.7 Å². The molecule has 0 aliphatic rings. The second kappa shape index (κ2) is 72.6. The average molecular weight is 1470 g/mol. The van der Waals surface area contributed by atoms with E-state index in [4.69, 9.17) is 37.0 Å². The van der Waals surface area contributed by atoms with Crippen LogP contribution in [0, 0.1) is 11.8 Å². The van der Waals surface area contributed by atoms with E-state index in [9.17, 15) is 43.2 Å². The topological polar surface area (TPSA) is 237 Å². The quantitative estimate of drug-likeness (QED) is 0.0222. The van der Waals surface area contributed by atoms with Crippen LogP contribution in [0.4, 0.5) is 0 Å². The number of hydrogen-bond donors (Lipinski definition) is 3. The Morgan fingerprint density at radius 2 is 0.510 bits per heavy atom. The average Bonchev–Trinajstić information content (AvgIpc) is 0.973. The van der Waals surface area contributed by atoms with Gasteiger partial charge < -0.3 is 33.8 Å². The van der Waals surface area contributed by atoms with Crippen molar-refractivity contribution in [1.82, 2.24) is 0 Å². The third-order valence-electron chi connectivity index (χ3n) is 19.3. The van der Waals surface area contributed by atoms with Gasteiger partial charge in [0.2, 0.25) is 0 Å². The molecule has 0 saturated carbocycles. The number of aliphatic hydroxyl groups excluding tert-OH is 1. The van der Waals surface area contributed by atoms with Crippen LogP contribution >= 0.6 is 15.6 Å². The summed E-state index contributed by atoms with van der Waals surface area (Å²) in [4.78, 5) is 73.1. The van der Waals surface area contributed by atoms with Crippen LogP contribution in [-0.2, 0) is 65.4 Å². The van der Waals surface area contributed by atoms with Crippen LogP contribution < -0.4 is 0 Å². The number of esters is 4. The smallest absolute Gasteiger partial charge is 0.462 e. The Hall–Kier alpha value is -1.94. The van der Waals surface area contributed by atoms with Crippen molar-refractivity contribution in [3.63, 3.8) is 0 Å². The molecule has 0 aliphatic heterocycles. The molecule has 0 rings (SSSR count). The van der Waals surface area contributed by atoms with Crippen LogP contribution in [0.25, 0.3) is 0 Å². The van der Waals surface area contributed by atoms with E-state index in [2.05, 4.69) is 41.5 Å². The lowest BCUT2D eigenvalue weighted by Crippen LogP contribution is -2.30. The number of ether oxygens (including phenoxy) is 4. The summed E-state index contributed by atoms with van der Waals surface area (Å²) in [6, 6.07) is 0. The molecule has 0 radical (unpaired) electrons. The molecular formula is C81H158O17P2. The minimum absolute atomic E-state index is 0.108. The van der Waals surface area contributed by atoms with Crippen LogP contribution in [0.15, 0.2) is 0 Å². The number of unbranched alkanes of at least 4 members (excludes halogenated alkanes) is 49. The maximum absolute atomic E-state index is 13.1. The Morgan fingerprint density at radius 3 is 0.760 bits per heavy atom. The minimum atomic E-state index is -4.96. The molecule has 0 saturated heterocycles. The first-order valence-corrected chi connectivity index (χ1v) is 45.0. The Kier molecular flexibility index (Phi) is 71.2. The summed E-state index contributed by atoms with van der Waals surface area (Å²) >= 11 is 0. The number of aliphatic hydroxyl groups is 1.